The summed E-state index contributed by atoms with van der Waals surface area (Å²) in [5.74, 6) is 0. The molecule has 0 saturated carbocycles. The van der Waals surface area contributed by atoms with Crippen LogP contribution in [0.1, 0.15) is 22.4 Å². The lowest BCUT2D eigenvalue weighted by Gasteiger charge is -2.13. The Morgan fingerprint density at radius 2 is 1.54 bits per heavy atom. The van der Waals surface area contributed by atoms with E-state index in [4.69, 9.17) is 9.98 Å². The van der Waals surface area contributed by atoms with Crippen LogP contribution in [0.2, 0.25) is 0 Å². The van der Waals surface area contributed by atoms with E-state index in [0.717, 1.165) is 51.6 Å². The van der Waals surface area contributed by atoms with E-state index in [1.807, 2.05) is 36.4 Å². The van der Waals surface area contributed by atoms with Crippen LogP contribution >= 0.6 is 0 Å². The maximum absolute atomic E-state index is 5.18. The Labute approximate surface area is 270 Å². The SMILES string of the molecule is C=CC(=Nc1ccc2ccccc2c1Cc1ccccc1)c1ccc(-c2cc(C/C=C\C=C/N=C)nc(-c3ccccn3)c2)cc1. The molecule has 0 saturated heterocycles. The van der Waals surface area contributed by atoms with Gasteiger partial charge in [0, 0.05) is 36.5 Å². The largest absolute Gasteiger partial charge is 0.273 e. The minimum Gasteiger partial charge on any atom is -0.273 e. The number of aromatic nitrogens is 2. The molecule has 0 atom stereocenters. The van der Waals surface area contributed by atoms with Crippen LogP contribution in [0.15, 0.2) is 175 Å². The molecule has 4 aromatic carbocycles. The quantitative estimate of drug-likeness (QED) is 0.111. The topological polar surface area (TPSA) is 50.5 Å². The van der Waals surface area contributed by atoms with Crippen molar-refractivity contribution in [3.05, 3.63) is 187 Å². The normalized spacial score (nSPS) is 11.8. The molecule has 46 heavy (non-hydrogen) atoms. The Bertz CT molecular complexity index is 2060. The summed E-state index contributed by atoms with van der Waals surface area (Å²) in [7, 11) is 0. The number of hydrogen-bond acceptors (Lipinski definition) is 4. The van der Waals surface area contributed by atoms with Crippen molar-refractivity contribution in [2.24, 2.45) is 9.98 Å². The van der Waals surface area contributed by atoms with Gasteiger partial charge < -0.3 is 0 Å². The third-order valence-corrected chi connectivity index (χ3v) is 7.76. The van der Waals surface area contributed by atoms with Crippen LogP contribution in [-0.2, 0) is 12.8 Å². The van der Waals surface area contributed by atoms with Crippen LogP contribution in [0, 0.1) is 0 Å². The monoisotopic (exact) mass is 594 g/mol. The maximum Gasteiger partial charge on any atom is 0.0895 e. The molecule has 0 aliphatic rings. The molecule has 0 unspecified atom stereocenters. The van der Waals surface area contributed by atoms with E-state index in [1.54, 1.807) is 12.4 Å². The van der Waals surface area contributed by atoms with Crippen molar-refractivity contribution in [1.82, 2.24) is 9.97 Å². The summed E-state index contributed by atoms with van der Waals surface area (Å²) >= 11 is 0. The number of rotatable bonds is 11. The third kappa shape index (κ3) is 7.20. The fourth-order valence-electron chi connectivity index (χ4n) is 5.49. The van der Waals surface area contributed by atoms with Crippen molar-refractivity contribution >= 4 is 28.9 Å². The Balaban J connectivity index is 1.35. The van der Waals surface area contributed by atoms with E-state index >= 15 is 0 Å². The van der Waals surface area contributed by atoms with Gasteiger partial charge in [0.1, 0.15) is 0 Å². The average Bonchev–Trinajstić information content (AvgIpc) is 3.12. The van der Waals surface area contributed by atoms with E-state index in [-0.39, 0.29) is 0 Å². The predicted molar refractivity (Wildman–Crippen MR) is 194 cm³/mol. The molecule has 0 bridgehead atoms. The molecule has 0 spiro atoms. The Hall–Kier alpha value is -6.00. The molecule has 0 N–H and O–H groups in total. The first kappa shape index (κ1) is 30.0. The standard InChI is InChI=1S/C42H34N4/c1-3-39(46-40-25-24-33-16-9-10-18-37(33)38(40)28-31-14-6-4-7-15-31)34-22-20-32(21-23-34)35-29-36(17-8-5-12-26-43-2)45-42(30-35)41-19-11-13-27-44-41/h3-16,18-27,29-30H,1-2,17,28H2/b8-5-,26-12-,46-39?. The molecular weight excluding hydrogens is 560 g/mol. The lowest BCUT2D eigenvalue weighted by molar-refractivity contribution is 1.10. The third-order valence-electron chi connectivity index (χ3n) is 7.76. The zero-order valence-electron chi connectivity index (χ0n) is 25.6. The van der Waals surface area contributed by atoms with Gasteiger partial charge in [0.15, 0.2) is 0 Å². The second-order valence-corrected chi connectivity index (χ2v) is 10.8. The average molecular weight is 595 g/mol. The van der Waals surface area contributed by atoms with Crippen molar-refractivity contribution < 1.29 is 0 Å². The summed E-state index contributed by atoms with van der Waals surface area (Å²) in [6.45, 7) is 7.60. The molecule has 2 aromatic heterocycles. The zero-order chi connectivity index (χ0) is 31.6. The van der Waals surface area contributed by atoms with Crippen molar-refractivity contribution in [1.29, 1.82) is 0 Å². The first-order chi connectivity index (χ1) is 22.7. The molecular formula is C42H34N4. The van der Waals surface area contributed by atoms with E-state index in [9.17, 15) is 0 Å². The molecule has 0 aliphatic heterocycles. The van der Waals surface area contributed by atoms with Gasteiger partial charge in [-0.3, -0.25) is 15.0 Å². The molecule has 6 rings (SSSR count). The van der Waals surface area contributed by atoms with Crippen LogP contribution in [0.5, 0.6) is 0 Å². The van der Waals surface area contributed by atoms with Crippen LogP contribution in [0.25, 0.3) is 33.3 Å². The van der Waals surface area contributed by atoms with Crippen molar-refractivity contribution in [3.63, 3.8) is 0 Å². The van der Waals surface area contributed by atoms with Gasteiger partial charge in [-0.15, -0.1) is 0 Å². The van der Waals surface area contributed by atoms with E-state index in [0.29, 0.717) is 6.42 Å². The number of allylic oxidation sites excluding steroid dienone is 4. The second-order valence-electron chi connectivity index (χ2n) is 10.8. The molecule has 0 fully saturated rings. The molecule has 4 nitrogen and oxygen atoms in total. The van der Waals surface area contributed by atoms with Gasteiger partial charge in [-0.2, -0.15) is 0 Å². The highest BCUT2D eigenvalue weighted by atomic mass is 14.8. The van der Waals surface area contributed by atoms with Crippen LogP contribution in [0.4, 0.5) is 5.69 Å². The number of nitrogens with zero attached hydrogens (tertiary/aromatic N) is 4. The molecule has 0 aliphatic carbocycles. The van der Waals surface area contributed by atoms with Gasteiger partial charge in [0.2, 0.25) is 0 Å². The number of hydrogen-bond donors (Lipinski definition) is 0. The highest BCUT2D eigenvalue weighted by Gasteiger charge is 2.11. The van der Waals surface area contributed by atoms with E-state index in [2.05, 4.69) is 132 Å². The lowest BCUT2D eigenvalue weighted by Crippen LogP contribution is -1.98. The van der Waals surface area contributed by atoms with Crippen LogP contribution < -0.4 is 0 Å². The number of benzene rings is 4. The summed E-state index contributed by atoms with van der Waals surface area (Å²) < 4.78 is 0. The van der Waals surface area contributed by atoms with Gasteiger partial charge >= 0.3 is 0 Å². The molecule has 0 amide bonds. The first-order valence-electron chi connectivity index (χ1n) is 15.3. The van der Waals surface area contributed by atoms with Gasteiger partial charge in [-0.05, 0) is 82.2 Å². The summed E-state index contributed by atoms with van der Waals surface area (Å²) in [6, 6.07) is 41.9. The maximum atomic E-state index is 5.18. The van der Waals surface area contributed by atoms with Crippen LogP contribution in [0.3, 0.4) is 0 Å². The minimum absolute atomic E-state index is 0.678. The molecule has 0 radical (unpaired) electrons. The zero-order valence-corrected chi connectivity index (χ0v) is 25.6. The summed E-state index contributed by atoms with van der Waals surface area (Å²) in [5, 5.41) is 2.42. The van der Waals surface area contributed by atoms with Gasteiger partial charge in [-0.1, -0.05) is 110 Å². The fourth-order valence-corrected chi connectivity index (χ4v) is 5.49. The molecule has 2 heterocycles. The predicted octanol–water partition coefficient (Wildman–Crippen LogP) is 10.2. The van der Waals surface area contributed by atoms with Crippen molar-refractivity contribution in [3.8, 4) is 22.5 Å². The highest BCUT2D eigenvalue weighted by molar-refractivity contribution is 6.10. The first-order valence-corrected chi connectivity index (χ1v) is 15.3. The Morgan fingerprint density at radius 3 is 2.33 bits per heavy atom. The summed E-state index contributed by atoms with van der Waals surface area (Å²) in [5.41, 5.74) is 10.0. The summed E-state index contributed by atoms with van der Waals surface area (Å²) in [6.07, 6.45) is 12.6. The van der Waals surface area contributed by atoms with Gasteiger partial charge in [0.05, 0.1) is 22.8 Å². The second kappa shape index (κ2) is 14.7. The number of aliphatic imine (C=N–C) groups is 2. The number of pyridine rings is 2. The van der Waals surface area contributed by atoms with Crippen molar-refractivity contribution in [2.75, 3.05) is 0 Å². The molecule has 4 heteroatoms. The Kier molecular flexibility index (Phi) is 9.57. The van der Waals surface area contributed by atoms with E-state index < -0.39 is 0 Å². The number of fused-ring (bicyclic) bond motifs is 1. The lowest BCUT2D eigenvalue weighted by atomic mass is 9.96. The molecule has 222 valence electrons. The van der Waals surface area contributed by atoms with Gasteiger partial charge in [-0.25, -0.2) is 4.99 Å². The fraction of sp³-hybridized carbons (Fsp3) is 0.0476. The van der Waals surface area contributed by atoms with Gasteiger partial charge in [0.25, 0.3) is 0 Å². The smallest absolute Gasteiger partial charge is 0.0895 e. The highest BCUT2D eigenvalue weighted by Crippen LogP contribution is 2.32. The van der Waals surface area contributed by atoms with Crippen molar-refractivity contribution in [2.45, 2.75) is 12.8 Å². The van der Waals surface area contributed by atoms with E-state index in [1.165, 1.54) is 21.9 Å². The Morgan fingerprint density at radius 1 is 0.739 bits per heavy atom. The molecule has 6 aromatic rings. The van der Waals surface area contributed by atoms with Crippen LogP contribution in [-0.4, -0.2) is 22.4 Å². The minimum atomic E-state index is 0.678. The summed E-state index contributed by atoms with van der Waals surface area (Å²) in [4.78, 5) is 18.4.